The Labute approximate surface area is 100 Å². The predicted molar refractivity (Wildman–Crippen MR) is 62.2 cm³/mol. The molecular formula is C10H10O5S2. The summed E-state index contributed by atoms with van der Waals surface area (Å²) in [6, 6.07) is 7.25. The second kappa shape index (κ2) is 5.31. The van der Waals surface area contributed by atoms with Gasteiger partial charge in [-0.05, 0) is 12.1 Å². The molecule has 7 heteroatoms. The highest BCUT2D eigenvalue weighted by Crippen LogP contribution is 2.13. The molecule has 1 aromatic carbocycles. The van der Waals surface area contributed by atoms with Crippen molar-refractivity contribution in [2.45, 2.75) is 4.90 Å². The van der Waals surface area contributed by atoms with Gasteiger partial charge in [0.2, 0.25) is 0 Å². The van der Waals surface area contributed by atoms with E-state index in [2.05, 4.69) is 4.18 Å². The largest absolute Gasteiger partial charge is 0.283 e. The molecule has 1 rings (SSSR count). The Morgan fingerprint density at radius 1 is 1.12 bits per heavy atom. The monoisotopic (exact) mass is 274 g/mol. The minimum atomic E-state index is -4.18. The van der Waals surface area contributed by atoms with Crippen molar-refractivity contribution in [3.8, 4) is 12.3 Å². The maximum atomic E-state index is 11.7. The molecular weight excluding hydrogens is 264 g/mol. The first-order valence-corrected chi connectivity index (χ1v) is 7.69. The van der Waals surface area contributed by atoms with Gasteiger partial charge in [-0.15, -0.1) is 6.42 Å². The lowest BCUT2D eigenvalue weighted by atomic mass is 10.4. The number of benzene rings is 1. The molecule has 0 fully saturated rings. The third-order valence-corrected chi connectivity index (χ3v) is 5.59. The predicted octanol–water partition coefficient (Wildman–Crippen LogP) is 0.397. The fourth-order valence-electron chi connectivity index (χ4n) is 1.04. The Bertz CT molecular complexity index is 608. The van der Waals surface area contributed by atoms with Gasteiger partial charge in [0.05, 0.1) is 4.90 Å². The van der Waals surface area contributed by atoms with Gasteiger partial charge in [0.1, 0.15) is 6.61 Å². The van der Waals surface area contributed by atoms with Crippen molar-refractivity contribution < 1.29 is 21.0 Å². The maximum absolute atomic E-state index is 11.7. The molecule has 0 radical (unpaired) electrons. The Kier molecular flexibility index (Phi) is 4.28. The molecule has 0 amide bonds. The number of hydrogen-bond acceptors (Lipinski definition) is 5. The summed E-state index contributed by atoms with van der Waals surface area (Å²) in [4.78, 5) is -0.0760. The summed E-state index contributed by atoms with van der Waals surface area (Å²) in [6.07, 6.45) is 4.82. The van der Waals surface area contributed by atoms with E-state index in [4.69, 9.17) is 6.42 Å². The van der Waals surface area contributed by atoms with Crippen LogP contribution in [0.1, 0.15) is 0 Å². The molecule has 92 valence electrons. The first-order chi connectivity index (χ1) is 7.87. The molecule has 0 aliphatic carbocycles. The fourth-order valence-corrected chi connectivity index (χ4v) is 4.20. The summed E-state index contributed by atoms with van der Waals surface area (Å²) in [5.74, 6) is 1.95. The normalized spacial score (nSPS) is 11.9. The Hall–Kier alpha value is -1.36. The lowest BCUT2D eigenvalue weighted by Gasteiger charge is -2.04. The summed E-state index contributed by atoms with van der Waals surface area (Å²) in [5.41, 5.74) is 0. The Balaban J connectivity index is 2.93. The van der Waals surface area contributed by atoms with Crippen LogP contribution in [0.2, 0.25) is 0 Å². The molecule has 0 N–H and O–H groups in total. The quantitative estimate of drug-likeness (QED) is 0.573. The third kappa shape index (κ3) is 4.19. The van der Waals surface area contributed by atoms with E-state index < -0.39 is 31.6 Å². The smallest absolute Gasteiger partial charge is 0.256 e. The average Bonchev–Trinajstić information content (AvgIpc) is 2.26. The van der Waals surface area contributed by atoms with Crippen molar-refractivity contribution in [3.63, 3.8) is 0 Å². The highest BCUT2D eigenvalue weighted by atomic mass is 32.3. The lowest BCUT2D eigenvalue weighted by Crippen LogP contribution is -2.19. The van der Waals surface area contributed by atoms with Crippen LogP contribution >= 0.6 is 0 Å². The van der Waals surface area contributed by atoms with Crippen molar-refractivity contribution in [2.24, 2.45) is 0 Å². The zero-order valence-electron chi connectivity index (χ0n) is 8.74. The van der Waals surface area contributed by atoms with Crippen LogP contribution < -0.4 is 0 Å². The van der Waals surface area contributed by atoms with E-state index >= 15 is 0 Å². The summed E-state index contributed by atoms with van der Waals surface area (Å²) in [6.45, 7) is -0.480. The van der Waals surface area contributed by atoms with Gasteiger partial charge in [-0.25, -0.2) is 8.42 Å². The Morgan fingerprint density at radius 2 is 1.71 bits per heavy atom. The number of rotatable bonds is 5. The van der Waals surface area contributed by atoms with Gasteiger partial charge in [-0.1, -0.05) is 24.1 Å². The maximum Gasteiger partial charge on any atom is 0.283 e. The van der Waals surface area contributed by atoms with E-state index in [0.29, 0.717) is 0 Å². The van der Waals surface area contributed by atoms with Crippen LogP contribution in [0.25, 0.3) is 0 Å². The van der Waals surface area contributed by atoms with E-state index in [0.717, 1.165) is 0 Å². The second-order valence-electron chi connectivity index (χ2n) is 3.07. The van der Waals surface area contributed by atoms with E-state index in [1.54, 1.807) is 6.07 Å². The molecule has 0 aliphatic rings. The standard InChI is InChI=1S/C10H10O5S2/c1-2-8-15-17(13,14)9-16(11,12)10-6-4-3-5-7-10/h1,3-7H,8-9H2. The molecule has 0 saturated carbocycles. The van der Waals surface area contributed by atoms with Crippen molar-refractivity contribution in [2.75, 3.05) is 11.7 Å². The van der Waals surface area contributed by atoms with Crippen molar-refractivity contribution in [1.82, 2.24) is 0 Å². The highest BCUT2D eigenvalue weighted by molar-refractivity contribution is 8.06. The van der Waals surface area contributed by atoms with Crippen LogP contribution in [0, 0.1) is 12.3 Å². The Morgan fingerprint density at radius 3 is 2.24 bits per heavy atom. The second-order valence-corrected chi connectivity index (χ2v) is 7.06. The molecule has 0 saturated heterocycles. The van der Waals surface area contributed by atoms with Crippen LogP contribution in [0.15, 0.2) is 35.2 Å². The van der Waals surface area contributed by atoms with Crippen molar-refractivity contribution in [3.05, 3.63) is 30.3 Å². The van der Waals surface area contributed by atoms with Crippen LogP contribution in [-0.4, -0.2) is 28.5 Å². The van der Waals surface area contributed by atoms with Gasteiger partial charge >= 0.3 is 0 Å². The molecule has 0 spiro atoms. The summed E-state index contributed by atoms with van der Waals surface area (Å²) < 4.78 is 50.3. The minimum Gasteiger partial charge on any atom is -0.256 e. The van der Waals surface area contributed by atoms with Gasteiger partial charge in [0.25, 0.3) is 10.1 Å². The topological polar surface area (TPSA) is 77.5 Å². The van der Waals surface area contributed by atoms with Crippen molar-refractivity contribution in [1.29, 1.82) is 0 Å². The van der Waals surface area contributed by atoms with E-state index in [9.17, 15) is 16.8 Å². The summed E-state index contributed by atoms with van der Waals surface area (Å²) in [7, 11) is -8.11. The zero-order valence-corrected chi connectivity index (χ0v) is 10.4. The number of hydrogen-bond donors (Lipinski definition) is 0. The van der Waals surface area contributed by atoms with Crippen molar-refractivity contribution >= 4 is 20.0 Å². The van der Waals surface area contributed by atoms with Crippen LogP contribution in [0.5, 0.6) is 0 Å². The third-order valence-electron chi connectivity index (χ3n) is 1.72. The van der Waals surface area contributed by atoms with E-state index in [1.165, 1.54) is 24.3 Å². The van der Waals surface area contributed by atoms with Gasteiger partial charge in [-0.3, -0.25) is 4.18 Å². The van der Waals surface area contributed by atoms with Gasteiger partial charge in [0.15, 0.2) is 14.9 Å². The van der Waals surface area contributed by atoms with Gasteiger partial charge in [-0.2, -0.15) is 8.42 Å². The minimum absolute atomic E-state index is 0.0760. The lowest BCUT2D eigenvalue weighted by molar-refractivity contribution is 0.366. The van der Waals surface area contributed by atoms with Crippen LogP contribution in [-0.2, 0) is 24.1 Å². The first kappa shape index (κ1) is 13.7. The molecule has 0 atom stereocenters. The van der Waals surface area contributed by atoms with Gasteiger partial charge in [0, 0.05) is 0 Å². The van der Waals surface area contributed by atoms with E-state index in [1.807, 2.05) is 5.92 Å². The molecule has 17 heavy (non-hydrogen) atoms. The van der Waals surface area contributed by atoms with Crippen LogP contribution in [0.3, 0.4) is 0 Å². The van der Waals surface area contributed by atoms with Crippen LogP contribution in [0.4, 0.5) is 0 Å². The summed E-state index contributed by atoms with van der Waals surface area (Å²) in [5, 5.41) is -1.12. The first-order valence-electron chi connectivity index (χ1n) is 4.46. The molecule has 0 unspecified atom stereocenters. The number of terminal acetylenes is 1. The SMILES string of the molecule is C#CCOS(=O)(=O)CS(=O)(=O)c1ccccc1. The molecule has 0 aromatic heterocycles. The number of sulfone groups is 1. The molecule has 0 heterocycles. The summed E-state index contributed by atoms with van der Waals surface area (Å²) >= 11 is 0. The molecule has 0 aliphatic heterocycles. The average molecular weight is 274 g/mol. The molecule has 5 nitrogen and oxygen atoms in total. The van der Waals surface area contributed by atoms with Gasteiger partial charge < -0.3 is 0 Å². The zero-order chi connectivity index (χ0) is 12.9. The molecule has 0 bridgehead atoms. The molecule has 1 aromatic rings. The highest BCUT2D eigenvalue weighted by Gasteiger charge is 2.24. The van der Waals surface area contributed by atoms with E-state index in [-0.39, 0.29) is 4.90 Å². The fraction of sp³-hybridized carbons (Fsp3) is 0.200.